The fourth-order valence-corrected chi connectivity index (χ4v) is 2.54. The molecule has 0 bridgehead atoms. The number of nitrogens with one attached hydrogen (secondary N) is 2. The van der Waals surface area contributed by atoms with Crippen LogP contribution in [0.3, 0.4) is 0 Å². The zero-order valence-corrected chi connectivity index (χ0v) is 13.1. The van der Waals surface area contributed by atoms with Gasteiger partial charge >= 0.3 is 0 Å². The van der Waals surface area contributed by atoms with Crippen molar-refractivity contribution in [1.29, 1.82) is 0 Å². The largest absolute Gasteiger partial charge is 0.497 e. The molecular weight excluding hydrogens is 323 g/mol. The maximum Gasteiger partial charge on any atom is 0.257 e. The fourth-order valence-electron chi connectivity index (χ4n) is 2.20. The molecule has 3 aromatic rings. The Bertz CT molecular complexity index is 858. The van der Waals surface area contributed by atoms with Crippen LogP contribution in [0.15, 0.2) is 42.6 Å². The van der Waals surface area contributed by atoms with Gasteiger partial charge in [0.25, 0.3) is 5.91 Å². The van der Waals surface area contributed by atoms with Crippen LogP contribution < -0.4 is 10.1 Å². The number of H-pyrrole nitrogens is 1. The molecule has 0 aliphatic heterocycles. The van der Waals surface area contributed by atoms with Gasteiger partial charge in [0.05, 0.1) is 23.4 Å². The number of anilines is 1. The molecule has 0 radical (unpaired) electrons. The molecule has 1 heterocycles. The van der Waals surface area contributed by atoms with Crippen LogP contribution in [-0.4, -0.2) is 18.0 Å². The molecule has 0 aliphatic carbocycles. The van der Waals surface area contributed by atoms with Crippen molar-refractivity contribution in [2.75, 3.05) is 12.4 Å². The van der Waals surface area contributed by atoms with Crippen molar-refractivity contribution in [3.63, 3.8) is 0 Å². The summed E-state index contributed by atoms with van der Waals surface area (Å²) in [6.07, 6.45) is 1.65. The summed E-state index contributed by atoms with van der Waals surface area (Å²) in [5, 5.41) is 4.50. The minimum Gasteiger partial charge on any atom is -0.497 e. The van der Waals surface area contributed by atoms with Crippen molar-refractivity contribution in [1.82, 2.24) is 4.98 Å². The summed E-state index contributed by atoms with van der Waals surface area (Å²) < 4.78 is 5.16. The van der Waals surface area contributed by atoms with Gasteiger partial charge in [0, 0.05) is 28.2 Å². The van der Waals surface area contributed by atoms with Gasteiger partial charge in [-0.25, -0.2) is 0 Å². The van der Waals surface area contributed by atoms with Gasteiger partial charge in [-0.05, 0) is 30.3 Å². The van der Waals surface area contributed by atoms with Crippen molar-refractivity contribution in [3.05, 3.63) is 58.2 Å². The van der Waals surface area contributed by atoms with Gasteiger partial charge in [-0.1, -0.05) is 23.2 Å². The Morgan fingerprint density at radius 1 is 1.18 bits per heavy atom. The van der Waals surface area contributed by atoms with Crippen molar-refractivity contribution < 1.29 is 9.53 Å². The third-order valence-electron chi connectivity index (χ3n) is 3.31. The van der Waals surface area contributed by atoms with Gasteiger partial charge in [-0.15, -0.1) is 0 Å². The number of benzene rings is 2. The van der Waals surface area contributed by atoms with Gasteiger partial charge in [-0.3, -0.25) is 4.79 Å². The van der Waals surface area contributed by atoms with Gasteiger partial charge in [0.15, 0.2) is 0 Å². The predicted octanol–water partition coefficient (Wildman–Crippen LogP) is 4.74. The molecule has 0 atom stereocenters. The molecule has 1 aromatic heterocycles. The van der Waals surface area contributed by atoms with Crippen LogP contribution in [0.1, 0.15) is 10.4 Å². The fraction of sp³-hybridized carbons (Fsp3) is 0.0625. The summed E-state index contributed by atoms with van der Waals surface area (Å²) in [4.78, 5) is 15.5. The Balaban J connectivity index is 1.94. The maximum atomic E-state index is 12.4. The van der Waals surface area contributed by atoms with Crippen molar-refractivity contribution >= 4 is 45.7 Å². The minimum absolute atomic E-state index is 0.263. The number of ether oxygens (including phenoxy) is 1. The minimum atomic E-state index is -0.263. The third-order valence-corrected chi connectivity index (χ3v) is 3.87. The standard InChI is InChI=1S/C16H12Cl2N2O2/c1-22-10-3-4-11-12(8-19-14(11)7-10)16(21)20-15-6-9(17)2-5-13(15)18/h2-8,19H,1H3,(H,20,21). The Kier molecular flexibility index (Phi) is 3.96. The summed E-state index contributed by atoms with van der Waals surface area (Å²) in [5.74, 6) is 0.458. The SMILES string of the molecule is COc1ccc2c(C(=O)Nc3cc(Cl)ccc3Cl)c[nH]c2c1. The highest BCUT2D eigenvalue weighted by Gasteiger charge is 2.14. The lowest BCUT2D eigenvalue weighted by molar-refractivity contribution is 0.102. The van der Waals surface area contributed by atoms with E-state index >= 15 is 0 Å². The van der Waals surface area contributed by atoms with Gasteiger partial charge in [-0.2, -0.15) is 0 Å². The quantitative estimate of drug-likeness (QED) is 0.727. The molecule has 0 saturated heterocycles. The van der Waals surface area contributed by atoms with Crippen LogP contribution >= 0.6 is 23.2 Å². The topological polar surface area (TPSA) is 54.1 Å². The molecule has 0 spiro atoms. The number of fused-ring (bicyclic) bond motifs is 1. The van der Waals surface area contributed by atoms with Crippen molar-refractivity contribution in [3.8, 4) is 5.75 Å². The van der Waals surface area contributed by atoms with Crippen LogP contribution in [-0.2, 0) is 0 Å². The Morgan fingerprint density at radius 3 is 2.77 bits per heavy atom. The summed E-state index contributed by atoms with van der Waals surface area (Å²) in [5.41, 5.74) is 1.82. The van der Waals surface area contributed by atoms with E-state index in [2.05, 4.69) is 10.3 Å². The molecule has 2 N–H and O–H groups in total. The number of amides is 1. The molecule has 6 heteroatoms. The second-order valence-electron chi connectivity index (χ2n) is 4.69. The van der Waals surface area contributed by atoms with Gasteiger partial charge < -0.3 is 15.0 Å². The second-order valence-corrected chi connectivity index (χ2v) is 5.54. The highest BCUT2D eigenvalue weighted by molar-refractivity contribution is 6.36. The van der Waals surface area contributed by atoms with Crippen LogP contribution in [0.5, 0.6) is 5.75 Å². The van der Waals surface area contributed by atoms with Crippen molar-refractivity contribution in [2.24, 2.45) is 0 Å². The molecule has 0 aliphatic rings. The first-order valence-corrected chi connectivity index (χ1v) is 7.25. The first kappa shape index (κ1) is 14.8. The van der Waals surface area contributed by atoms with Gasteiger partial charge in [0.1, 0.15) is 5.75 Å². The lowest BCUT2D eigenvalue weighted by Crippen LogP contribution is -2.11. The van der Waals surface area contributed by atoms with E-state index in [1.54, 1.807) is 37.6 Å². The maximum absolute atomic E-state index is 12.4. The Labute approximate surface area is 137 Å². The Hall–Kier alpha value is -2.17. The molecule has 0 fully saturated rings. The molecule has 4 nitrogen and oxygen atoms in total. The predicted molar refractivity (Wildman–Crippen MR) is 89.3 cm³/mol. The zero-order valence-electron chi connectivity index (χ0n) is 11.6. The lowest BCUT2D eigenvalue weighted by Gasteiger charge is -2.07. The second kappa shape index (κ2) is 5.91. The molecule has 112 valence electrons. The lowest BCUT2D eigenvalue weighted by atomic mass is 10.1. The number of aromatic nitrogens is 1. The number of halogens is 2. The number of methoxy groups -OCH3 is 1. The molecule has 1 amide bonds. The van der Waals surface area contributed by atoms with Crippen LogP contribution in [0.25, 0.3) is 10.9 Å². The molecule has 2 aromatic carbocycles. The van der Waals surface area contributed by atoms with Crippen molar-refractivity contribution in [2.45, 2.75) is 0 Å². The summed E-state index contributed by atoms with van der Waals surface area (Å²) >= 11 is 12.0. The molecule has 22 heavy (non-hydrogen) atoms. The smallest absolute Gasteiger partial charge is 0.257 e. The van der Waals surface area contributed by atoms with E-state index in [1.807, 2.05) is 12.1 Å². The van der Waals surface area contributed by atoms with Gasteiger partial charge in [0.2, 0.25) is 0 Å². The normalized spacial score (nSPS) is 10.7. The van der Waals surface area contributed by atoms with E-state index in [0.717, 1.165) is 16.7 Å². The van der Waals surface area contributed by atoms with E-state index < -0.39 is 0 Å². The monoisotopic (exact) mass is 334 g/mol. The number of rotatable bonds is 3. The van der Waals surface area contributed by atoms with E-state index in [0.29, 0.717) is 21.3 Å². The number of hydrogen-bond acceptors (Lipinski definition) is 2. The highest BCUT2D eigenvalue weighted by atomic mass is 35.5. The number of carbonyl (C=O) groups is 1. The first-order chi connectivity index (χ1) is 10.6. The summed E-state index contributed by atoms with van der Waals surface area (Å²) in [6.45, 7) is 0. The Morgan fingerprint density at radius 2 is 2.00 bits per heavy atom. The molecule has 3 rings (SSSR count). The van der Waals surface area contributed by atoms with Crippen LogP contribution in [0, 0.1) is 0 Å². The summed E-state index contributed by atoms with van der Waals surface area (Å²) in [6, 6.07) is 10.4. The number of carbonyl (C=O) groups excluding carboxylic acids is 1. The molecule has 0 unspecified atom stereocenters. The number of aromatic amines is 1. The zero-order chi connectivity index (χ0) is 15.7. The van der Waals surface area contributed by atoms with E-state index in [4.69, 9.17) is 27.9 Å². The number of hydrogen-bond donors (Lipinski definition) is 2. The first-order valence-electron chi connectivity index (χ1n) is 6.50. The van der Waals surface area contributed by atoms with E-state index in [9.17, 15) is 4.79 Å². The van der Waals surface area contributed by atoms with E-state index in [-0.39, 0.29) is 5.91 Å². The summed E-state index contributed by atoms with van der Waals surface area (Å²) in [7, 11) is 1.60. The average molecular weight is 335 g/mol. The molecular formula is C16H12Cl2N2O2. The van der Waals surface area contributed by atoms with Crippen LogP contribution in [0.2, 0.25) is 10.0 Å². The molecule has 0 saturated carbocycles. The highest BCUT2D eigenvalue weighted by Crippen LogP contribution is 2.28. The average Bonchev–Trinajstić information content (AvgIpc) is 2.93. The van der Waals surface area contributed by atoms with Crippen LogP contribution in [0.4, 0.5) is 5.69 Å². The van der Waals surface area contributed by atoms with E-state index in [1.165, 1.54) is 0 Å². The third kappa shape index (κ3) is 2.75.